The molecule has 2 aromatic heterocycles. The average Bonchev–Trinajstić information content (AvgIpc) is 3.15. The van der Waals surface area contributed by atoms with Gasteiger partial charge in [0.2, 0.25) is 0 Å². The fourth-order valence-corrected chi connectivity index (χ4v) is 3.05. The summed E-state index contributed by atoms with van der Waals surface area (Å²) >= 11 is 1.48. The van der Waals surface area contributed by atoms with E-state index in [1.165, 1.54) is 11.3 Å². The second kappa shape index (κ2) is 6.84. The Bertz CT molecular complexity index is 898. The number of amides is 1. The minimum Gasteiger partial charge on any atom is -0.462 e. The van der Waals surface area contributed by atoms with E-state index in [1.807, 2.05) is 23.6 Å². The molecule has 0 unspecified atom stereocenters. The molecule has 3 rings (SSSR count). The van der Waals surface area contributed by atoms with E-state index in [1.54, 1.807) is 30.5 Å². The van der Waals surface area contributed by atoms with Crippen LogP contribution >= 0.6 is 11.3 Å². The van der Waals surface area contributed by atoms with Crippen LogP contribution in [0.2, 0.25) is 0 Å². The minimum absolute atomic E-state index is 0.315. The zero-order chi connectivity index (χ0) is 17.1. The van der Waals surface area contributed by atoms with Crippen LogP contribution in [0.25, 0.3) is 4.96 Å². The summed E-state index contributed by atoms with van der Waals surface area (Å²) in [5.74, 6) is -0.713. The number of rotatable bonds is 5. The van der Waals surface area contributed by atoms with Crippen LogP contribution in [0.15, 0.2) is 35.8 Å². The summed E-state index contributed by atoms with van der Waals surface area (Å²) in [4.78, 5) is 29.3. The van der Waals surface area contributed by atoms with Crippen molar-refractivity contribution in [3.8, 4) is 0 Å². The number of hydrogen-bond acceptors (Lipinski definition) is 5. The fourth-order valence-electron chi connectivity index (χ4n) is 2.20. The van der Waals surface area contributed by atoms with Crippen molar-refractivity contribution in [1.82, 2.24) is 9.38 Å². The zero-order valence-electron chi connectivity index (χ0n) is 13.4. The molecule has 0 aliphatic carbocycles. The lowest BCUT2D eigenvalue weighted by Gasteiger charge is -2.06. The van der Waals surface area contributed by atoms with Crippen LogP contribution in [0.4, 0.5) is 5.69 Å². The first-order chi connectivity index (χ1) is 11.6. The first-order valence-corrected chi connectivity index (χ1v) is 8.48. The molecular weight excluding hydrogens is 326 g/mol. The van der Waals surface area contributed by atoms with E-state index in [-0.39, 0.29) is 5.91 Å². The molecule has 124 valence electrons. The maximum Gasteiger partial charge on any atom is 0.338 e. The van der Waals surface area contributed by atoms with Gasteiger partial charge in [-0.25, -0.2) is 9.78 Å². The number of carbonyl (C=O) groups excluding carboxylic acids is 2. The number of aryl methyl sites for hydroxylation is 1. The summed E-state index contributed by atoms with van der Waals surface area (Å²) in [7, 11) is 0. The van der Waals surface area contributed by atoms with Crippen molar-refractivity contribution in [3.05, 3.63) is 52.8 Å². The molecule has 0 radical (unpaired) electrons. The van der Waals surface area contributed by atoms with Crippen molar-refractivity contribution in [2.45, 2.75) is 20.3 Å². The molecule has 0 fully saturated rings. The Hall–Kier alpha value is -2.67. The number of hydrogen-bond donors (Lipinski definition) is 1. The highest BCUT2D eigenvalue weighted by Crippen LogP contribution is 2.17. The predicted molar refractivity (Wildman–Crippen MR) is 92.8 cm³/mol. The van der Waals surface area contributed by atoms with Crippen molar-refractivity contribution in [3.63, 3.8) is 0 Å². The lowest BCUT2D eigenvalue weighted by atomic mass is 10.2. The van der Waals surface area contributed by atoms with E-state index in [0.717, 1.165) is 17.1 Å². The summed E-state index contributed by atoms with van der Waals surface area (Å²) in [6, 6.07) is 6.68. The van der Waals surface area contributed by atoms with Crippen LogP contribution in [-0.4, -0.2) is 27.9 Å². The molecule has 0 spiro atoms. The Kier molecular flexibility index (Phi) is 4.61. The van der Waals surface area contributed by atoms with Gasteiger partial charge < -0.3 is 10.1 Å². The van der Waals surface area contributed by atoms with Gasteiger partial charge >= 0.3 is 5.97 Å². The van der Waals surface area contributed by atoms with Gasteiger partial charge in [0, 0.05) is 23.0 Å². The highest BCUT2D eigenvalue weighted by molar-refractivity contribution is 7.15. The van der Waals surface area contributed by atoms with Gasteiger partial charge in [0.15, 0.2) is 4.96 Å². The van der Waals surface area contributed by atoms with Gasteiger partial charge in [-0.1, -0.05) is 13.0 Å². The molecular formula is C17H17N3O3S. The average molecular weight is 343 g/mol. The third kappa shape index (κ3) is 3.30. The summed E-state index contributed by atoms with van der Waals surface area (Å²) in [5.41, 5.74) is 2.30. The SMILES string of the molecule is CCCOC(=O)c1cccc(NC(=O)c2cn3c(C)csc3n2)c1. The molecule has 1 amide bonds. The van der Waals surface area contributed by atoms with Crippen molar-refractivity contribution < 1.29 is 14.3 Å². The molecule has 0 saturated carbocycles. The van der Waals surface area contributed by atoms with Gasteiger partial charge in [0.1, 0.15) is 5.69 Å². The van der Waals surface area contributed by atoms with Crippen LogP contribution in [0.1, 0.15) is 39.9 Å². The van der Waals surface area contributed by atoms with Crippen LogP contribution in [0, 0.1) is 6.92 Å². The molecule has 24 heavy (non-hydrogen) atoms. The molecule has 1 N–H and O–H groups in total. The smallest absolute Gasteiger partial charge is 0.338 e. The van der Waals surface area contributed by atoms with Gasteiger partial charge in [0.25, 0.3) is 5.91 Å². The molecule has 0 bridgehead atoms. The Morgan fingerprint density at radius 2 is 2.21 bits per heavy atom. The van der Waals surface area contributed by atoms with E-state index < -0.39 is 5.97 Å². The topological polar surface area (TPSA) is 72.7 Å². The Morgan fingerprint density at radius 1 is 1.38 bits per heavy atom. The first kappa shape index (κ1) is 16.2. The minimum atomic E-state index is -0.397. The third-order valence-electron chi connectivity index (χ3n) is 3.41. The number of thiazole rings is 1. The van der Waals surface area contributed by atoms with E-state index in [2.05, 4.69) is 10.3 Å². The lowest BCUT2D eigenvalue weighted by Crippen LogP contribution is -2.13. The van der Waals surface area contributed by atoms with E-state index in [4.69, 9.17) is 4.74 Å². The number of aromatic nitrogens is 2. The van der Waals surface area contributed by atoms with Crippen LogP contribution in [0.5, 0.6) is 0 Å². The Labute approximate surface area is 143 Å². The predicted octanol–water partition coefficient (Wildman–Crippen LogP) is 3.52. The van der Waals surface area contributed by atoms with Crippen LogP contribution < -0.4 is 5.32 Å². The number of fused-ring (bicyclic) bond motifs is 1. The van der Waals surface area contributed by atoms with Gasteiger partial charge in [-0.15, -0.1) is 11.3 Å². The van der Waals surface area contributed by atoms with Crippen LogP contribution in [0.3, 0.4) is 0 Å². The second-order valence-electron chi connectivity index (χ2n) is 5.33. The number of anilines is 1. The Balaban J connectivity index is 1.75. The third-order valence-corrected chi connectivity index (χ3v) is 4.37. The van der Waals surface area contributed by atoms with Crippen molar-refractivity contribution in [2.24, 2.45) is 0 Å². The second-order valence-corrected chi connectivity index (χ2v) is 6.16. The van der Waals surface area contributed by atoms with Crippen molar-refractivity contribution in [1.29, 1.82) is 0 Å². The van der Waals surface area contributed by atoms with E-state index in [0.29, 0.717) is 23.6 Å². The number of benzene rings is 1. The normalized spacial score (nSPS) is 10.8. The molecule has 0 atom stereocenters. The molecule has 0 aliphatic heterocycles. The molecule has 0 aliphatic rings. The standard InChI is InChI=1S/C17H17N3O3S/c1-3-7-23-16(22)12-5-4-6-13(8-12)18-15(21)14-9-20-11(2)10-24-17(20)19-14/h4-6,8-10H,3,7H2,1-2H3,(H,18,21). The van der Waals surface area contributed by atoms with Gasteiger partial charge in [-0.05, 0) is 31.5 Å². The quantitative estimate of drug-likeness (QED) is 0.719. The summed E-state index contributed by atoms with van der Waals surface area (Å²) in [6.45, 7) is 4.26. The maximum atomic E-state index is 12.3. The molecule has 7 heteroatoms. The molecule has 2 heterocycles. The lowest BCUT2D eigenvalue weighted by molar-refractivity contribution is 0.0505. The summed E-state index contributed by atoms with van der Waals surface area (Å²) in [6.07, 6.45) is 2.47. The van der Waals surface area contributed by atoms with Crippen molar-refractivity contribution in [2.75, 3.05) is 11.9 Å². The van der Waals surface area contributed by atoms with Crippen LogP contribution in [-0.2, 0) is 4.74 Å². The number of carbonyl (C=O) groups is 2. The van der Waals surface area contributed by atoms with Crippen molar-refractivity contribution >= 4 is 33.9 Å². The number of ether oxygens (including phenoxy) is 1. The van der Waals surface area contributed by atoms with Gasteiger partial charge in [-0.3, -0.25) is 9.20 Å². The first-order valence-electron chi connectivity index (χ1n) is 7.60. The number of imidazole rings is 1. The van der Waals surface area contributed by atoms with Gasteiger partial charge in [-0.2, -0.15) is 0 Å². The highest BCUT2D eigenvalue weighted by Gasteiger charge is 2.14. The summed E-state index contributed by atoms with van der Waals surface area (Å²) in [5, 5.41) is 4.74. The van der Waals surface area contributed by atoms with E-state index >= 15 is 0 Å². The highest BCUT2D eigenvalue weighted by atomic mass is 32.1. The largest absolute Gasteiger partial charge is 0.462 e. The Morgan fingerprint density at radius 3 is 2.96 bits per heavy atom. The molecule has 6 nitrogen and oxygen atoms in total. The molecule has 0 saturated heterocycles. The maximum absolute atomic E-state index is 12.3. The monoisotopic (exact) mass is 343 g/mol. The van der Waals surface area contributed by atoms with Gasteiger partial charge in [0.05, 0.1) is 12.2 Å². The number of nitrogens with zero attached hydrogens (tertiary/aromatic N) is 2. The van der Waals surface area contributed by atoms with E-state index in [9.17, 15) is 9.59 Å². The summed E-state index contributed by atoms with van der Waals surface area (Å²) < 4.78 is 6.97. The molecule has 3 aromatic rings. The zero-order valence-corrected chi connectivity index (χ0v) is 14.2. The molecule has 1 aromatic carbocycles. The number of esters is 1. The number of nitrogens with one attached hydrogen (secondary N) is 1. The fraction of sp³-hybridized carbons (Fsp3) is 0.235.